The first-order valence-electron chi connectivity index (χ1n) is 11.9. The standard InChI is InChI=1S/C25H24N6O4S2/c1-35-25-20-9-17(12-27-25)21-10-19-22(36-21)23(29-14-28-19)31-7-3-4-15(13-31)11-26-24(32)16-5-2-6-18(8-16)37(33,34)30-20/h2,5-6,8-10,12,14-15,30H,3-4,7,11,13H2,1H3,(H,26,32)/t15-/m1/s1. The molecule has 1 fully saturated rings. The predicted octanol–water partition coefficient (Wildman–Crippen LogP) is 3.52. The maximum absolute atomic E-state index is 13.3. The van der Waals surface area contributed by atoms with Gasteiger partial charge in [-0.2, -0.15) is 0 Å². The molecule has 190 valence electrons. The van der Waals surface area contributed by atoms with Crippen LogP contribution in [0.25, 0.3) is 20.7 Å². The van der Waals surface area contributed by atoms with Crippen LogP contribution < -0.4 is 19.7 Å². The Hall–Kier alpha value is -3.77. The van der Waals surface area contributed by atoms with Gasteiger partial charge in [0.2, 0.25) is 5.88 Å². The van der Waals surface area contributed by atoms with E-state index in [1.807, 2.05) is 6.07 Å². The van der Waals surface area contributed by atoms with E-state index in [0.29, 0.717) is 6.54 Å². The zero-order valence-electron chi connectivity index (χ0n) is 20.0. The van der Waals surface area contributed by atoms with Crippen molar-refractivity contribution in [3.8, 4) is 16.3 Å². The third-order valence-electron chi connectivity index (χ3n) is 6.64. The first-order chi connectivity index (χ1) is 17.9. The number of piperidine rings is 1. The summed E-state index contributed by atoms with van der Waals surface area (Å²) in [5.74, 6) is 0.928. The van der Waals surface area contributed by atoms with Crippen LogP contribution in [-0.4, -0.2) is 56.0 Å². The summed E-state index contributed by atoms with van der Waals surface area (Å²) in [7, 11) is -2.60. The van der Waals surface area contributed by atoms with Crippen LogP contribution in [0.4, 0.5) is 11.5 Å². The molecule has 6 rings (SSSR count). The summed E-state index contributed by atoms with van der Waals surface area (Å²) < 4.78 is 35.5. The summed E-state index contributed by atoms with van der Waals surface area (Å²) in [5.41, 5.74) is 2.00. The molecule has 1 amide bonds. The molecule has 2 aliphatic heterocycles. The van der Waals surface area contributed by atoms with Crippen molar-refractivity contribution in [3.63, 3.8) is 0 Å². The van der Waals surface area contributed by atoms with Gasteiger partial charge in [0.25, 0.3) is 15.9 Å². The lowest BCUT2D eigenvalue weighted by Crippen LogP contribution is -2.41. The Bertz CT molecular complexity index is 1620. The van der Waals surface area contributed by atoms with Gasteiger partial charge in [0.1, 0.15) is 17.8 Å². The van der Waals surface area contributed by atoms with E-state index in [0.717, 1.165) is 52.4 Å². The highest BCUT2D eigenvalue weighted by Gasteiger charge is 2.25. The summed E-state index contributed by atoms with van der Waals surface area (Å²) in [6.45, 7) is 2.12. The Balaban J connectivity index is 1.51. The number of thiophene rings is 1. The molecule has 3 aromatic heterocycles. The molecule has 10 nitrogen and oxygen atoms in total. The van der Waals surface area contributed by atoms with Crippen molar-refractivity contribution < 1.29 is 17.9 Å². The maximum atomic E-state index is 13.3. The molecule has 2 aliphatic rings. The molecule has 2 N–H and O–H groups in total. The smallest absolute Gasteiger partial charge is 0.262 e. The number of aromatic nitrogens is 3. The van der Waals surface area contributed by atoms with Crippen LogP contribution in [-0.2, 0) is 10.0 Å². The Morgan fingerprint density at radius 1 is 1.14 bits per heavy atom. The van der Waals surface area contributed by atoms with Crippen LogP contribution in [0.5, 0.6) is 5.88 Å². The summed E-state index contributed by atoms with van der Waals surface area (Å²) in [5, 5.41) is 2.99. The first kappa shape index (κ1) is 23.6. The zero-order chi connectivity index (χ0) is 25.6. The van der Waals surface area contributed by atoms with E-state index >= 15 is 0 Å². The van der Waals surface area contributed by atoms with Gasteiger partial charge >= 0.3 is 0 Å². The van der Waals surface area contributed by atoms with Crippen molar-refractivity contribution in [2.75, 3.05) is 36.4 Å². The monoisotopic (exact) mass is 536 g/mol. The number of hydrogen-bond donors (Lipinski definition) is 2. The number of fused-ring (bicyclic) bond motifs is 9. The number of anilines is 2. The number of methoxy groups -OCH3 is 1. The van der Waals surface area contributed by atoms with Gasteiger partial charge < -0.3 is 15.0 Å². The molecule has 1 atom stereocenters. The first-order valence-corrected chi connectivity index (χ1v) is 14.2. The molecule has 0 unspecified atom stereocenters. The minimum absolute atomic E-state index is 0.0284. The molecule has 0 saturated carbocycles. The molecule has 5 heterocycles. The van der Waals surface area contributed by atoms with E-state index in [2.05, 4.69) is 29.9 Å². The van der Waals surface area contributed by atoms with Crippen LogP contribution in [0, 0.1) is 5.92 Å². The molecule has 0 spiro atoms. The number of benzene rings is 1. The van der Waals surface area contributed by atoms with Crippen LogP contribution in [0.1, 0.15) is 23.2 Å². The van der Waals surface area contributed by atoms with Gasteiger partial charge in [-0.15, -0.1) is 11.3 Å². The molecule has 8 bridgehead atoms. The van der Waals surface area contributed by atoms with E-state index < -0.39 is 10.0 Å². The van der Waals surface area contributed by atoms with Crippen LogP contribution >= 0.6 is 11.3 Å². The van der Waals surface area contributed by atoms with Crippen LogP contribution in [0.2, 0.25) is 0 Å². The molecule has 1 saturated heterocycles. The SMILES string of the molecule is COc1ncc2cc1NS(=O)(=O)c1cccc(c1)C(=O)NC[C@H]1CCCN(C1)c1ncnc3cc-2sc13. The van der Waals surface area contributed by atoms with E-state index in [-0.39, 0.29) is 33.9 Å². The van der Waals surface area contributed by atoms with E-state index in [1.54, 1.807) is 30.7 Å². The van der Waals surface area contributed by atoms with Gasteiger partial charge in [0.05, 0.1) is 22.2 Å². The molecule has 0 radical (unpaired) electrons. The normalized spacial score (nSPS) is 19.0. The lowest BCUT2D eigenvalue weighted by Gasteiger charge is -2.33. The Kier molecular flexibility index (Phi) is 5.92. The number of sulfonamides is 1. The summed E-state index contributed by atoms with van der Waals surface area (Å²) in [6.07, 6.45) is 5.18. The van der Waals surface area contributed by atoms with Crippen molar-refractivity contribution in [3.05, 3.63) is 54.5 Å². The number of amides is 1. The second-order valence-corrected chi connectivity index (χ2v) is 11.8. The van der Waals surface area contributed by atoms with Crippen molar-refractivity contribution in [1.82, 2.24) is 20.3 Å². The van der Waals surface area contributed by atoms with Crippen molar-refractivity contribution in [2.24, 2.45) is 5.92 Å². The molecule has 37 heavy (non-hydrogen) atoms. The molecule has 1 aromatic carbocycles. The predicted molar refractivity (Wildman–Crippen MR) is 142 cm³/mol. The lowest BCUT2D eigenvalue weighted by atomic mass is 9.98. The van der Waals surface area contributed by atoms with Crippen molar-refractivity contribution >= 4 is 49.0 Å². The number of carbonyl (C=O) groups is 1. The Morgan fingerprint density at radius 2 is 2.03 bits per heavy atom. The third kappa shape index (κ3) is 4.46. The number of pyridine rings is 1. The fourth-order valence-corrected chi connectivity index (χ4v) is 7.01. The van der Waals surface area contributed by atoms with Crippen LogP contribution in [0.3, 0.4) is 0 Å². The van der Waals surface area contributed by atoms with Crippen molar-refractivity contribution in [2.45, 2.75) is 17.7 Å². The van der Waals surface area contributed by atoms with Gasteiger partial charge in [-0.1, -0.05) is 6.07 Å². The second kappa shape index (κ2) is 9.27. The number of rotatable bonds is 1. The lowest BCUT2D eigenvalue weighted by molar-refractivity contribution is 0.0945. The number of nitrogens with one attached hydrogen (secondary N) is 2. The van der Waals surface area contributed by atoms with E-state index in [4.69, 9.17) is 4.74 Å². The zero-order valence-corrected chi connectivity index (χ0v) is 21.6. The molecule has 12 heteroatoms. The van der Waals surface area contributed by atoms with Crippen molar-refractivity contribution in [1.29, 1.82) is 0 Å². The highest BCUT2D eigenvalue weighted by molar-refractivity contribution is 7.92. The second-order valence-electron chi connectivity index (χ2n) is 9.10. The number of hydrogen-bond acceptors (Lipinski definition) is 9. The van der Waals surface area contributed by atoms with Gasteiger partial charge in [-0.3, -0.25) is 9.52 Å². The van der Waals surface area contributed by atoms with Gasteiger partial charge in [-0.25, -0.2) is 23.4 Å². The minimum atomic E-state index is -4.03. The largest absolute Gasteiger partial charge is 0.480 e. The summed E-state index contributed by atoms with van der Waals surface area (Å²) in [6, 6.07) is 9.65. The highest BCUT2D eigenvalue weighted by atomic mass is 32.2. The number of nitrogens with zero attached hydrogens (tertiary/aromatic N) is 4. The fourth-order valence-electron chi connectivity index (χ4n) is 4.80. The van der Waals surface area contributed by atoms with E-state index in [9.17, 15) is 13.2 Å². The fraction of sp³-hybridized carbons (Fsp3) is 0.280. The molecule has 4 aromatic rings. The van der Waals surface area contributed by atoms with E-state index in [1.165, 1.54) is 30.6 Å². The number of carbonyl (C=O) groups excluding carboxylic acids is 1. The average Bonchev–Trinajstić information content (AvgIpc) is 3.36. The minimum Gasteiger partial charge on any atom is -0.480 e. The average molecular weight is 537 g/mol. The van der Waals surface area contributed by atoms with Gasteiger partial charge in [0.15, 0.2) is 0 Å². The van der Waals surface area contributed by atoms with Gasteiger partial charge in [-0.05, 0) is 49.1 Å². The molecule has 0 aliphatic carbocycles. The Labute approximate surface area is 217 Å². The van der Waals surface area contributed by atoms with Crippen LogP contribution in [0.15, 0.2) is 53.8 Å². The quantitative estimate of drug-likeness (QED) is 0.378. The third-order valence-corrected chi connectivity index (χ3v) is 9.17. The topological polar surface area (TPSA) is 126 Å². The molecular weight excluding hydrogens is 512 g/mol. The maximum Gasteiger partial charge on any atom is 0.262 e. The summed E-state index contributed by atoms with van der Waals surface area (Å²) >= 11 is 1.54. The highest BCUT2D eigenvalue weighted by Crippen LogP contribution is 2.39. The number of ether oxygens (including phenoxy) is 1. The Morgan fingerprint density at radius 3 is 2.89 bits per heavy atom. The van der Waals surface area contributed by atoms with Gasteiger partial charge in [0, 0.05) is 41.8 Å². The summed E-state index contributed by atoms with van der Waals surface area (Å²) in [4.78, 5) is 29.5. The molecular formula is C25H24N6O4S2.